The van der Waals surface area contributed by atoms with Gasteiger partial charge >= 0.3 is 104 Å². The van der Waals surface area contributed by atoms with Crippen LogP contribution in [-0.4, -0.2) is 124 Å². The highest BCUT2D eigenvalue weighted by atomic mass is 32.1. The molecule has 736 valence electrons. The first-order valence-corrected chi connectivity index (χ1v) is 45.5. The lowest BCUT2D eigenvalue weighted by Gasteiger charge is -2.30. The summed E-state index contributed by atoms with van der Waals surface area (Å²) in [6, 6.07) is 43.3. The molecule has 4 bridgehead atoms. The molecule has 6 fully saturated rings. The van der Waals surface area contributed by atoms with Gasteiger partial charge in [-0.2, -0.15) is 0 Å². The molecule has 2 saturated heterocycles. The van der Waals surface area contributed by atoms with Gasteiger partial charge in [0, 0.05) is 82.4 Å². The van der Waals surface area contributed by atoms with Crippen molar-refractivity contribution in [1.82, 2.24) is 15.0 Å². The molecule has 20 rings (SSSR count). The second-order valence-electron chi connectivity index (χ2n) is 33.3. The Morgan fingerprint density at radius 2 is 0.643 bits per heavy atom. The van der Waals surface area contributed by atoms with Gasteiger partial charge in [0.05, 0.1) is 65.4 Å². The maximum absolute atomic E-state index is 13.0. The minimum absolute atomic E-state index is 0.176. The number of H-pyrrole nitrogens is 3. The number of carbonyl (C=O) groups is 12. The first-order chi connectivity index (χ1) is 68.0. The SMILES string of the molecule is C=C(C)C.C=C(C)C(=O)OC1C2CC3C1OC(=O)C3C2C(=O)Oc1ccc2[nH]c(=O)oc2c1.C=C(C)C(=O)OC1C2CC3C1OC(=O)C3C2C(=O)Oc1ccc2sc(=O)oc2c1.C=C(C)C(=O)OCC(=O)Oc1ccc2[nH]c(=O)oc2c1.C=C(C)C(=O)OCC(=O)Oc1ccc2sc(=O)oc2c1.C=C(C)c1ccc(C(=O)Oc2ccc3sc(=O)oc3c2)cc1.O=C(Oc1ccc2[nH]c(=O)oc2c1)c1ccccc1. The summed E-state index contributed by atoms with van der Waals surface area (Å²) in [5.74, 6) is -11.2. The van der Waals surface area contributed by atoms with Crippen molar-refractivity contribution < 1.29 is 141 Å². The van der Waals surface area contributed by atoms with E-state index in [2.05, 4.69) is 63.9 Å². The number of hydrogen-bond donors (Lipinski definition) is 3. The standard InChI is InChI=1S/C20H17NO8.C20H16O8S.C17H12O4S.C14H9NO4.C13H11NO6.C13H10O6S.C4H8/c1-7(2)17(22)28-15-9-6-10-14(19(24)29-16(10)15)13(9)18(23)26-8-3-4-11-12(5-8)27-20(25)21-11;1-7(2)17(21)27-15-9-6-10-14(19(23)28-16(10)15)13(9)18(22)25-8-3-4-12-11(5-8)26-20(24)29-12;1-10(2)11-3-5-12(6-4-11)16(18)20-13-7-8-15-14(9-13)21-17(19)22-15;16-13(9-4-2-1-3-5-9)18-10-6-7-11-12(8-10)19-14(17)15-11;1-7(2)12(16)18-6-11(15)19-8-3-4-9-10(5-8)20-13(17)14-9;1-7(2)12(15)17-6-11(14)18-8-3-4-10-9(5-8)19-13(16)20-10;1-4(2)3/h3-5,9-10,13-16H,1,6H2,2H3,(H,21,25);3-5,9-10,13-16H,1,6H2,2H3;3-9H,1H2,2H3;1-8H,(H,15,17);3-5H,1,6H2,2H3,(H,14,17);3-5H,1,6H2,2H3;1H2,2-3H3. The minimum atomic E-state index is -0.775. The maximum atomic E-state index is 13.0. The summed E-state index contributed by atoms with van der Waals surface area (Å²) >= 11 is 2.92. The van der Waals surface area contributed by atoms with Gasteiger partial charge in [0.2, 0.25) is 0 Å². The largest absolute Gasteiger partial charge is 0.458 e. The number of oxazole rings is 3. The molecule has 4 aliphatic carbocycles. The van der Waals surface area contributed by atoms with Gasteiger partial charge in [-0.25, -0.2) is 67.1 Å². The number of esters is 12. The van der Waals surface area contributed by atoms with Crippen molar-refractivity contribution in [3.8, 4) is 34.5 Å². The van der Waals surface area contributed by atoms with Crippen LogP contribution in [0.3, 0.4) is 0 Å². The molecule has 8 heterocycles. The van der Waals surface area contributed by atoms with Crippen LogP contribution in [0.1, 0.15) is 87.6 Å². The van der Waals surface area contributed by atoms with Crippen LogP contribution in [0, 0.1) is 47.3 Å². The lowest BCUT2D eigenvalue weighted by atomic mass is 9.78. The second-order valence-corrected chi connectivity index (χ2v) is 36.2. The highest BCUT2D eigenvalue weighted by Crippen LogP contribution is 2.61. The molecule has 42 heteroatoms. The van der Waals surface area contributed by atoms with Gasteiger partial charge in [-0.15, -0.1) is 6.58 Å². The van der Waals surface area contributed by atoms with Crippen molar-refractivity contribution in [3.05, 3.63) is 309 Å². The van der Waals surface area contributed by atoms with Crippen molar-refractivity contribution >= 4 is 175 Å². The number of hydrogen-bond acceptors (Lipinski definition) is 39. The van der Waals surface area contributed by atoms with E-state index in [0.717, 1.165) is 49.8 Å². The molecule has 0 spiro atoms. The zero-order valence-corrected chi connectivity index (χ0v) is 79.0. The Hall–Kier alpha value is -17.3. The molecule has 6 aromatic heterocycles. The van der Waals surface area contributed by atoms with Crippen LogP contribution in [0.4, 0.5) is 0 Å². The van der Waals surface area contributed by atoms with Crippen LogP contribution in [0.15, 0.2) is 286 Å². The lowest BCUT2D eigenvalue weighted by molar-refractivity contribution is -0.160. The van der Waals surface area contributed by atoms with Crippen LogP contribution in [-0.2, 0) is 76.4 Å². The molecule has 3 N–H and O–H groups in total. The van der Waals surface area contributed by atoms with Crippen molar-refractivity contribution in [2.75, 3.05) is 13.2 Å². The molecular weight excluding hydrogens is 1930 g/mol. The highest BCUT2D eigenvalue weighted by Gasteiger charge is 2.72. The average Bonchev–Trinajstić information content (AvgIpc) is 1.55. The van der Waals surface area contributed by atoms with E-state index in [1.165, 1.54) is 93.9 Å². The Kier molecular flexibility index (Phi) is 31.1. The Bertz CT molecular complexity index is 7580. The van der Waals surface area contributed by atoms with E-state index in [9.17, 15) is 86.3 Å². The number of nitrogens with one attached hydrogen (secondary N) is 3. The third-order valence-electron chi connectivity index (χ3n) is 22.2. The van der Waals surface area contributed by atoms with E-state index < -0.39 is 160 Å². The van der Waals surface area contributed by atoms with Crippen molar-refractivity contribution in [2.24, 2.45) is 47.3 Å². The fraction of sp³-hybridized carbons (Fsp3) is 0.228. The summed E-state index contributed by atoms with van der Waals surface area (Å²) in [6.07, 6.45) is -1.36. The molecule has 0 radical (unpaired) electrons. The van der Waals surface area contributed by atoms with E-state index in [1.54, 1.807) is 84.9 Å². The zero-order chi connectivity index (χ0) is 103. The van der Waals surface area contributed by atoms with Gasteiger partial charge in [0.1, 0.15) is 58.9 Å². The quantitative estimate of drug-likeness (QED) is 0.0198. The third-order valence-corrected chi connectivity index (χ3v) is 24.6. The first-order valence-electron chi connectivity index (χ1n) is 43.1. The summed E-state index contributed by atoms with van der Waals surface area (Å²) in [4.78, 5) is 217. The first kappa shape index (κ1) is 102. The topological polar surface area (TPSA) is 544 Å². The summed E-state index contributed by atoms with van der Waals surface area (Å²) in [7, 11) is 0. The molecule has 0 amide bonds. The summed E-state index contributed by atoms with van der Waals surface area (Å²) < 4.78 is 94.2. The predicted octanol–water partition coefficient (Wildman–Crippen LogP) is 14.4. The van der Waals surface area contributed by atoms with Crippen LogP contribution in [0.5, 0.6) is 34.5 Å². The number of aromatic nitrogens is 3. The molecular formula is C101H83N3O36S3. The fourth-order valence-electron chi connectivity index (χ4n) is 16.1. The average molecular weight is 2010 g/mol. The third kappa shape index (κ3) is 24.5. The smallest absolute Gasteiger partial charge is 0.417 e. The molecule has 14 aromatic rings. The molecule has 4 saturated carbocycles. The Balaban J connectivity index is 0.000000136. The van der Waals surface area contributed by atoms with Gasteiger partial charge in [0.25, 0.3) is 0 Å². The van der Waals surface area contributed by atoms with Gasteiger partial charge in [-0.05, 0) is 164 Å². The van der Waals surface area contributed by atoms with Crippen LogP contribution >= 0.6 is 34.0 Å². The van der Waals surface area contributed by atoms with E-state index in [4.69, 9.17) is 73.9 Å². The fourth-order valence-corrected chi connectivity index (χ4v) is 18.0. The Morgan fingerprint density at radius 3 is 0.972 bits per heavy atom. The van der Waals surface area contributed by atoms with E-state index in [1.807, 2.05) is 39.0 Å². The molecule has 2 aliphatic heterocycles. The lowest BCUT2D eigenvalue weighted by Crippen LogP contribution is -2.44. The molecule has 8 aromatic carbocycles. The second kappa shape index (κ2) is 43.8. The minimum Gasteiger partial charge on any atom is -0.458 e. The summed E-state index contributed by atoms with van der Waals surface area (Å²) in [5, 5.41) is 0. The summed E-state index contributed by atoms with van der Waals surface area (Å²) in [5.41, 5.74) is 8.28. The van der Waals surface area contributed by atoms with E-state index >= 15 is 0 Å². The van der Waals surface area contributed by atoms with Crippen LogP contribution < -0.4 is 60.5 Å². The van der Waals surface area contributed by atoms with Gasteiger partial charge in [0.15, 0.2) is 46.7 Å². The number of carbonyl (C=O) groups excluding carboxylic acids is 12. The molecule has 6 aliphatic rings. The highest BCUT2D eigenvalue weighted by molar-refractivity contribution is 7.16. The van der Waals surface area contributed by atoms with Crippen LogP contribution in [0.2, 0.25) is 0 Å². The Morgan fingerprint density at radius 1 is 0.343 bits per heavy atom. The molecule has 12 atom stereocenters. The predicted molar refractivity (Wildman–Crippen MR) is 510 cm³/mol. The van der Waals surface area contributed by atoms with E-state index in [-0.39, 0.29) is 85.1 Å². The number of allylic oxidation sites excluding steroid dienone is 2. The number of benzene rings is 8. The zero-order valence-electron chi connectivity index (χ0n) is 76.5. The summed E-state index contributed by atoms with van der Waals surface area (Å²) in [6.45, 7) is 32.1. The van der Waals surface area contributed by atoms with Crippen LogP contribution in [0.25, 0.3) is 69.7 Å². The van der Waals surface area contributed by atoms with Gasteiger partial charge in [-0.1, -0.05) is 108 Å². The van der Waals surface area contributed by atoms with Crippen molar-refractivity contribution in [3.63, 3.8) is 0 Å². The number of ether oxygens (including phenoxy) is 12. The van der Waals surface area contributed by atoms with Gasteiger partial charge < -0.3 is 83.3 Å². The molecule has 12 unspecified atom stereocenters. The van der Waals surface area contributed by atoms with Crippen molar-refractivity contribution in [1.29, 1.82) is 0 Å². The number of rotatable bonds is 21. The number of fused-ring (bicyclic) bond motifs is 8. The monoisotopic (exact) mass is 2010 g/mol. The molecule has 143 heavy (non-hydrogen) atoms. The normalized spacial score (nSPS) is 18.9. The van der Waals surface area contributed by atoms with E-state index in [0.29, 0.717) is 83.7 Å². The molecule has 39 nitrogen and oxygen atoms in total. The maximum Gasteiger partial charge on any atom is 0.417 e. The van der Waals surface area contributed by atoms with Crippen molar-refractivity contribution in [2.45, 2.75) is 85.7 Å². The number of aromatic amines is 3. The Labute approximate surface area is 816 Å². The van der Waals surface area contributed by atoms with Gasteiger partial charge in [-0.3, -0.25) is 34.1 Å².